The van der Waals surface area contributed by atoms with Crippen LogP contribution in [0.15, 0.2) is 21.1 Å². The van der Waals surface area contributed by atoms with Crippen molar-refractivity contribution in [2.75, 3.05) is 26.2 Å². The van der Waals surface area contributed by atoms with Gasteiger partial charge in [0.25, 0.3) is 11.8 Å². The van der Waals surface area contributed by atoms with Gasteiger partial charge in [-0.15, -0.1) is 0 Å². The molecule has 2 saturated heterocycles. The zero-order valence-corrected chi connectivity index (χ0v) is 15.5. The van der Waals surface area contributed by atoms with Crippen molar-refractivity contribution in [1.29, 1.82) is 0 Å². The predicted octanol–water partition coefficient (Wildman–Crippen LogP) is 3.68. The molecule has 22 heavy (non-hydrogen) atoms. The average molecular weight is 430 g/mol. The molecule has 0 atom stereocenters. The number of rotatable bonds is 2. The summed E-state index contributed by atoms with van der Waals surface area (Å²) in [6.07, 6.45) is 4.26. The largest absolute Gasteiger partial charge is 0.339 e. The van der Waals surface area contributed by atoms with Crippen LogP contribution in [0.1, 0.15) is 46.4 Å². The van der Waals surface area contributed by atoms with Crippen LogP contribution in [-0.2, 0) is 0 Å². The van der Waals surface area contributed by atoms with E-state index in [2.05, 4.69) is 31.9 Å². The van der Waals surface area contributed by atoms with Crippen LogP contribution in [0.3, 0.4) is 0 Å². The number of amides is 2. The van der Waals surface area contributed by atoms with Gasteiger partial charge in [0.15, 0.2) is 0 Å². The monoisotopic (exact) mass is 428 g/mol. The number of likely N-dealkylation sites (tertiary alicyclic amines) is 2. The summed E-state index contributed by atoms with van der Waals surface area (Å²) in [5.41, 5.74) is 1.23. The normalized spacial score (nSPS) is 18.1. The quantitative estimate of drug-likeness (QED) is 0.719. The Bertz CT molecular complexity index is 553. The van der Waals surface area contributed by atoms with Crippen molar-refractivity contribution in [2.24, 2.45) is 0 Å². The predicted molar refractivity (Wildman–Crippen MR) is 92.1 cm³/mol. The minimum Gasteiger partial charge on any atom is -0.339 e. The van der Waals surface area contributed by atoms with Gasteiger partial charge in [-0.3, -0.25) is 9.59 Å². The topological polar surface area (TPSA) is 40.6 Å². The molecule has 1 aromatic rings. The van der Waals surface area contributed by atoms with Gasteiger partial charge in [0, 0.05) is 35.1 Å². The van der Waals surface area contributed by atoms with Gasteiger partial charge in [-0.05, 0) is 69.7 Å². The molecule has 0 aromatic heterocycles. The summed E-state index contributed by atoms with van der Waals surface area (Å²) in [5.74, 6) is 0.0653. The van der Waals surface area contributed by atoms with Crippen molar-refractivity contribution < 1.29 is 9.59 Å². The Balaban J connectivity index is 1.87. The van der Waals surface area contributed by atoms with E-state index in [0.29, 0.717) is 20.1 Å². The van der Waals surface area contributed by atoms with Gasteiger partial charge in [0.2, 0.25) is 0 Å². The van der Waals surface area contributed by atoms with E-state index in [-0.39, 0.29) is 11.8 Å². The molecular formula is C16H18Br2N2O2. The molecule has 118 valence electrons. The third-order valence-corrected chi connectivity index (χ3v) is 5.62. The maximum Gasteiger partial charge on any atom is 0.255 e. The minimum absolute atomic E-state index is 0.0326. The molecule has 6 heteroatoms. The highest BCUT2D eigenvalue weighted by Gasteiger charge is 2.26. The lowest BCUT2D eigenvalue weighted by Crippen LogP contribution is -2.29. The van der Waals surface area contributed by atoms with Crippen molar-refractivity contribution in [2.45, 2.75) is 25.7 Å². The first-order chi connectivity index (χ1) is 10.6. The minimum atomic E-state index is 0.0326. The Morgan fingerprint density at radius 3 is 1.36 bits per heavy atom. The Hall–Kier alpha value is -0.880. The summed E-state index contributed by atoms with van der Waals surface area (Å²) >= 11 is 6.93. The van der Waals surface area contributed by atoms with E-state index in [1.54, 1.807) is 12.1 Å². The third kappa shape index (κ3) is 3.08. The van der Waals surface area contributed by atoms with Crippen LogP contribution in [0.2, 0.25) is 0 Å². The Kier molecular flexibility index (Phi) is 4.88. The number of nitrogens with zero attached hydrogens (tertiary/aromatic N) is 2. The zero-order valence-electron chi connectivity index (χ0n) is 12.3. The highest BCUT2D eigenvalue weighted by atomic mass is 79.9. The molecule has 2 aliphatic rings. The maximum atomic E-state index is 12.5. The van der Waals surface area contributed by atoms with E-state index >= 15 is 0 Å². The second kappa shape index (κ2) is 6.71. The second-order valence-corrected chi connectivity index (χ2v) is 7.52. The van der Waals surface area contributed by atoms with Crippen molar-refractivity contribution in [3.63, 3.8) is 0 Å². The Labute approximate surface area is 147 Å². The lowest BCUT2D eigenvalue weighted by atomic mass is 10.1. The highest BCUT2D eigenvalue weighted by molar-refractivity contribution is 9.11. The molecule has 1 aromatic carbocycles. The van der Waals surface area contributed by atoms with E-state index < -0.39 is 0 Å². The van der Waals surface area contributed by atoms with E-state index in [9.17, 15) is 9.59 Å². The Morgan fingerprint density at radius 2 is 1.05 bits per heavy atom. The van der Waals surface area contributed by atoms with Crippen LogP contribution in [-0.4, -0.2) is 47.8 Å². The fourth-order valence-electron chi connectivity index (χ4n) is 3.06. The fourth-order valence-corrected chi connectivity index (χ4v) is 4.08. The first-order valence-electron chi connectivity index (χ1n) is 7.65. The van der Waals surface area contributed by atoms with E-state index in [1.807, 2.05) is 9.80 Å². The summed E-state index contributed by atoms with van der Waals surface area (Å²) in [6, 6.07) is 3.54. The van der Waals surface area contributed by atoms with E-state index in [0.717, 1.165) is 51.9 Å². The molecule has 0 N–H and O–H groups in total. The molecule has 2 fully saturated rings. The average Bonchev–Trinajstić information content (AvgIpc) is 3.20. The summed E-state index contributed by atoms with van der Waals surface area (Å²) < 4.78 is 1.38. The second-order valence-electron chi connectivity index (χ2n) is 5.81. The molecule has 0 saturated carbocycles. The molecule has 3 rings (SSSR count). The summed E-state index contributed by atoms with van der Waals surface area (Å²) in [5, 5.41) is 0. The highest BCUT2D eigenvalue weighted by Crippen LogP contribution is 2.29. The van der Waals surface area contributed by atoms with E-state index in [1.165, 1.54) is 0 Å². The van der Waals surface area contributed by atoms with Crippen molar-refractivity contribution in [3.8, 4) is 0 Å². The first kappa shape index (κ1) is 16.0. The van der Waals surface area contributed by atoms with Crippen LogP contribution in [0, 0.1) is 0 Å². The maximum absolute atomic E-state index is 12.5. The van der Waals surface area contributed by atoms with Crippen molar-refractivity contribution in [1.82, 2.24) is 9.80 Å². The van der Waals surface area contributed by atoms with Gasteiger partial charge in [-0.1, -0.05) is 0 Å². The van der Waals surface area contributed by atoms with Gasteiger partial charge in [0.1, 0.15) is 0 Å². The zero-order chi connectivity index (χ0) is 15.7. The molecule has 2 amide bonds. The number of carbonyl (C=O) groups excluding carboxylic acids is 2. The fraction of sp³-hybridized carbons (Fsp3) is 0.500. The van der Waals surface area contributed by atoms with Crippen LogP contribution in [0.5, 0.6) is 0 Å². The van der Waals surface area contributed by atoms with Crippen molar-refractivity contribution in [3.05, 3.63) is 32.2 Å². The van der Waals surface area contributed by atoms with Gasteiger partial charge in [-0.25, -0.2) is 0 Å². The summed E-state index contributed by atoms with van der Waals surface area (Å²) in [4.78, 5) is 28.8. The first-order valence-corrected chi connectivity index (χ1v) is 9.24. The van der Waals surface area contributed by atoms with Gasteiger partial charge >= 0.3 is 0 Å². The summed E-state index contributed by atoms with van der Waals surface area (Å²) in [6.45, 7) is 3.27. The van der Waals surface area contributed by atoms with Crippen LogP contribution >= 0.6 is 31.9 Å². The Morgan fingerprint density at radius 1 is 0.727 bits per heavy atom. The molecule has 4 nitrogen and oxygen atoms in total. The van der Waals surface area contributed by atoms with Crippen LogP contribution in [0.25, 0.3) is 0 Å². The number of halogens is 2. The molecule has 2 aliphatic heterocycles. The number of carbonyl (C=O) groups is 2. The number of hydrogen-bond donors (Lipinski definition) is 0. The number of benzene rings is 1. The van der Waals surface area contributed by atoms with Crippen LogP contribution in [0.4, 0.5) is 0 Å². The molecule has 0 aliphatic carbocycles. The van der Waals surface area contributed by atoms with Gasteiger partial charge in [-0.2, -0.15) is 0 Å². The molecule has 2 heterocycles. The molecular weight excluding hydrogens is 412 g/mol. The lowest BCUT2D eigenvalue weighted by Gasteiger charge is -2.19. The standard InChI is InChI=1S/C16H18Br2N2O2/c17-13-10-12(16(22)20-7-3-4-8-20)14(18)9-11(13)15(21)19-5-1-2-6-19/h9-10H,1-8H2. The van der Waals surface area contributed by atoms with Gasteiger partial charge in [0.05, 0.1) is 11.1 Å². The molecule has 0 bridgehead atoms. The number of hydrogen-bond acceptors (Lipinski definition) is 2. The smallest absolute Gasteiger partial charge is 0.255 e. The third-order valence-electron chi connectivity index (χ3n) is 4.30. The molecule has 0 unspecified atom stereocenters. The van der Waals surface area contributed by atoms with Crippen molar-refractivity contribution >= 4 is 43.7 Å². The summed E-state index contributed by atoms with van der Waals surface area (Å²) in [7, 11) is 0. The lowest BCUT2D eigenvalue weighted by molar-refractivity contribution is 0.0779. The van der Waals surface area contributed by atoms with Crippen LogP contribution < -0.4 is 0 Å². The SMILES string of the molecule is O=C(c1cc(Br)c(C(=O)N2CCCC2)cc1Br)N1CCCC1. The van der Waals surface area contributed by atoms with Gasteiger partial charge < -0.3 is 9.80 Å². The molecule has 0 spiro atoms. The van der Waals surface area contributed by atoms with E-state index in [4.69, 9.17) is 0 Å². The molecule has 0 radical (unpaired) electrons.